The highest BCUT2D eigenvalue weighted by Gasteiger charge is 2.30. The van der Waals surface area contributed by atoms with E-state index in [-0.39, 0.29) is 11.8 Å². The topological polar surface area (TPSA) is 76.2 Å². The number of aromatic nitrogens is 3. The molecule has 1 aliphatic rings. The number of hydrogen-bond donors (Lipinski definition) is 1. The number of rotatable bonds is 5. The van der Waals surface area contributed by atoms with Gasteiger partial charge in [0.25, 0.3) is 0 Å². The van der Waals surface area contributed by atoms with Gasteiger partial charge < -0.3 is 4.52 Å². The molecule has 1 N–H and O–H groups in total. The second kappa shape index (κ2) is 5.92. The Morgan fingerprint density at radius 2 is 2.27 bits per heavy atom. The Kier molecular flexibility index (Phi) is 3.98. The lowest BCUT2D eigenvalue weighted by Gasteiger charge is -2.38. The minimum absolute atomic E-state index is 0.0819. The highest BCUT2D eigenvalue weighted by atomic mass is 16.5. The zero-order valence-electron chi connectivity index (χ0n) is 13.1. The molecule has 1 amide bonds. The Labute approximate surface area is 129 Å². The van der Waals surface area contributed by atoms with Gasteiger partial charge >= 0.3 is 0 Å². The van der Waals surface area contributed by atoms with Crippen molar-refractivity contribution < 1.29 is 9.32 Å². The van der Waals surface area contributed by atoms with E-state index in [0.29, 0.717) is 18.5 Å². The van der Waals surface area contributed by atoms with Crippen LogP contribution in [0.4, 0.5) is 5.88 Å². The van der Waals surface area contributed by atoms with Gasteiger partial charge in [-0.05, 0) is 18.4 Å². The summed E-state index contributed by atoms with van der Waals surface area (Å²) in [4.78, 5) is 14.1. The van der Waals surface area contributed by atoms with E-state index in [0.717, 1.165) is 24.3 Å². The molecule has 0 unspecified atom stereocenters. The van der Waals surface area contributed by atoms with Crippen LogP contribution in [0.2, 0.25) is 0 Å². The largest absolute Gasteiger partial charge is 0.338 e. The number of amides is 1. The summed E-state index contributed by atoms with van der Waals surface area (Å²) in [6.07, 6.45) is 3.88. The zero-order valence-corrected chi connectivity index (χ0v) is 13.1. The molecule has 1 saturated heterocycles. The van der Waals surface area contributed by atoms with Crippen LogP contribution in [-0.4, -0.2) is 45.4 Å². The summed E-state index contributed by atoms with van der Waals surface area (Å²) in [7, 11) is 0. The van der Waals surface area contributed by atoms with E-state index in [1.54, 1.807) is 6.07 Å². The molecule has 0 radical (unpaired) electrons. The van der Waals surface area contributed by atoms with Crippen LogP contribution in [0.5, 0.6) is 0 Å². The number of aryl methyl sites for hydroxylation is 1. The summed E-state index contributed by atoms with van der Waals surface area (Å²) in [5.41, 5.74) is 2.00. The van der Waals surface area contributed by atoms with Crippen LogP contribution in [-0.2, 0) is 4.79 Å². The molecule has 0 bridgehead atoms. The number of likely N-dealkylation sites (tertiary alicyclic amines) is 1. The lowest BCUT2D eigenvalue weighted by molar-refractivity contribution is -0.118. The maximum absolute atomic E-state index is 12.0. The number of nitrogens with zero attached hydrogens (tertiary/aromatic N) is 4. The average molecular weight is 303 g/mol. The Hall–Kier alpha value is -2.15. The van der Waals surface area contributed by atoms with Crippen LogP contribution in [0.3, 0.4) is 0 Å². The molecule has 1 fully saturated rings. The summed E-state index contributed by atoms with van der Waals surface area (Å²) >= 11 is 0. The third kappa shape index (κ3) is 3.19. The smallest absolute Gasteiger partial charge is 0.240 e. The van der Waals surface area contributed by atoms with Crippen molar-refractivity contribution in [1.82, 2.24) is 19.8 Å². The van der Waals surface area contributed by atoms with Crippen LogP contribution < -0.4 is 5.32 Å². The second-order valence-corrected chi connectivity index (χ2v) is 6.16. The Balaban J connectivity index is 1.45. The van der Waals surface area contributed by atoms with E-state index >= 15 is 0 Å². The molecule has 0 atom stereocenters. The van der Waals surface area contributed by atoms with Gasteiger partial charge in [0.05, 0.1) is 24.5 Å². The first-order valence-electron chi connectivity index (χ1n) is 7.51. The van der Waals surface area contributed by atoms with Gasteiger partial charge in [0.1, 0.15) is 0 Å². The van der Waals surface area contributed by atoms with Crippen LogP contribution in [0.25, 0.3) is 0 Å². The maximum atomic E-state index is 12.0. The van der Waals surface area contributed by atoms with Crippen molar-refractivity contribution in [3.63, 3.8) is 0 Å². The minimum Gasteiger partial charge on any atom is -0.338 e. The number of hydrogen-bond acceptors (Lipinski definition) is 5. The number of carbonyl (C=O) groups excluding carboxylic acids is 1. The zero-order chi connectivity index (χ0) is 15.7. The Bertz CT molecular complexity index is 654. The summed E-state index contributed by atoms with van der Waals surface area (Å²) in [5.74, 6) is 0.609. The normalized spacial score (nSPS) is 16.0. The highest BCUT2D eigenvalue weighted by molar-refractivity contribution is 5.91. The van der Waals surface area contributed by atoms with Crippen molar-refractivity contribution in [2.45, 2.75) is 32.7 Å². The summed E-state index contributed by atoms with van der Waals surface area (Å²) in [6.45, 7) is 8.11. The molecule has 3 heterocycles. The van der Waals surface area contributed by atoms with Crippen LogP contribution in [0, 0.1) is 6.92 Å². The Morgan fingerprint density at radius 1 is 1.50 bits per heavy atom. The van der Waals surface area contributed by atoms with Crippen LogP contribution in [0.15, 0.2) is 23.0 Å². The summed E-state index contributed by atoms with van der Waals surface area (Å²) in [5, 5.41) is 11.0. The predicted octanol–water partition coefficient (Wildman–Crippen LogP) is 1.80. The highest BCUT2D eigenvalue weighted by Crippen LogP contribution is 2.21. The van der Waals surface area contributed by atoms with Gasteiger partial charge in [-0.25, -0.2) is 0 Å². The van der Waals surface area contributed by atoms with Gasteiger partial charge in [-0.3, -0.25) is 19.7 Å². The first-order valence-corrected chi connectivity index (χ1v) is 7.51. The van der Waals surface area contributed by atoms with E-state index in [1.807, 2.05) is 37.8 Å². The molecule has 7 heteroatoms. The van der Waals surface area contributed by atoms with Crippen molar-refractivity contribution in [3.8, 4) is 0 Å². The molecule has 0 aromatic carbocycles. The monoisotopic (exact) mass is 303 g/mol. The van der Waals surface area contributed by atoms with Gasteiger partial charge in [0.2, 0.25) is 11.8 Å². The van der Waals surface area contributed by atoms with Crippen molar-refractivity contribution in [2.75, 3.05) is 25.0 Å². The average Bonchev–Trinajstić information content (AvgIpc) is 3.02. The second-order valence-electron chi connectivity index (χ2n) is 6.16. The van der Waals surface area contributed by atoms with Crippen LogP contribution >= 0.6 is 0 Å². The molecule has 7 nitrogen and oxygen atoms in total. The number of carbonyl (C=O) groups is 1. The number of anilines is 1. The predicted molar refractivity (Wildman–Crippen MR) is 81.7 cm³/mol. The van der Waals surface area contributed by atoms with Crippen LogP contribution in [0.1, 0.15) is 37.1 Å². The standard InChI is InChI=1S/C15H21N5O2/c1-10(2)13-4-15(22-18-13)17-14(21)9-19-7-12(8-19)20-6-11(3)5-16-20/h4-6,10,12H,7-9H2,1-3H3,(H,17,21). The van der Waals surface area contributed by atoms with Crippen molar-refractivity contribution in [1.29, 1.82) is 0 Å². The van der Waals surface area contributed by atoms with E-state index in [4.69, 9.17) is 4.52 Å². The molecule has 1 aliphatic heterocycles. The molecule has 22 heavy (non-hydrogen) atoms. The van der Waals surface area contributed by atoms with Gasteiger partial charge in [-0.15, -0.1) is 0 Å². The first-order chi connectivity index (χ1) is 10.5. The van der Waals surface area contributed by atoms with E-state index in [1.165, 1.54) is 0 Å². The summed E-state index contributed by atoms with van der Waals surface area (Å²) in [6, 6.07) is 2.13. The van der Waals surface area contributed by atoms with Crippen molar-refractivity contribution in [3.05, 3.63) is 29.7 Å². The molecule has 3 rings (SSSR count). The fourth-order valence-electron chi connectivity index (χ4n) is 2.47. The number of nitrogens with one attached hydrogen (secondary N) is 1. The minimum atomic E-state index is -0.0819. The fourth-order valence-corrected chi connectivity index (χ4v) is 2.47. The Morgan fingerprint density at radius 3 is 2.86 bits per heavy atom. The van der Waals surface area contributed by atoms with Crippen molar-refractivity contribution in [2.24, 2.45) is 0 Å². The molecule has 2 aromatic rings. The van der Waals surface area contributed by atoms with Crippen molar-refractivity contribution >= 4 is 11.8 Å². The molecular weight excluding hydrogens is 282 g/mol. The molecule has 0 spiro atoms. The third-order valence-electron chi connectivity index (χ3n) is 3.79. The first kappa shape index (κ1) is 14.8. The molecular formula is C15H21N5O2. The maximum Gasteiger partial charge on any atom is 0.240 e. The van der Waals surface area contributed by atoms with Gasteiger partial charge in [-0.1, -0.05) is 19.0 Å². The lowest BCUT2D eigenvalue weighted by atomic mass is 10.1. The van der Waals surface area contributed by atoms with E-state index in [2.05, 4.69) is 20.5 Å². The summed E-state index contributed by atoms with van der Waals surface area (Å²) < 4.78 is 7.08. The van der Waals surface area contributed by atoms with Gasteiger partial charge in [0, 0.05) is 25.4 Å². The third-order valence-corrected chi connectivity index (χ3v) is 3.79. The SMILES string of the molecule is Cc1cnn(C2CN(CC(=O)Nc3cc(C(C)C)no3)C2)c1. The van der Waals surface area contributed by atoms with E-state index < -0.39 is 0 Å². The van der Waals surface area contributed by atoms with E-state index in [9.17, 15) is 4.79 Å². The quantitative estimate of drug-likeness (QED) is 0.911. The fraction of sp³-hybridized carbons (Fsp3) is 0.533. The molecule has 0 aliphatic carbocycles. The lowest BCUT2D eigenvalue weighted by Crippen LogP contribution is -2.50. The van der Waals surface area contributed by atoms with Gasteiger partial charge in [-0.2, -0.15) is 5.10 Å². The molecule has 2 aromatic heterocycles. The molecule has 0 saturated carbocycles. The molecule has 118 valence electrons. The van der Waals surface area contributed by atoms with Gasteiger partial charge in [0.15, 0.2) is 0 Å².